The first-order valence-corrected chi connectivity index (χ1v) is 7.98. The Labute approximate surface area is 147 Å². The van der Waals surface area contributed by atoms with Crippen molar-refractivity contribution in [3.8, 4) is 0 Å². The number of alkyl halides is 3. The summed E-state index contributed by atoms with van der Waals surface area (Å²) in [7, 11) is 1.54. The summed E-state index contributed by atoms with van der Waals surface area (Å²) in [5.74, 6) is 0. The molecule has 1 aliphatic heterocycles. The summed E-state index contributed by atoms with van der Waals surface area (Å²) in [5.41, 5.74) is 2.56. The van der Waals surface area contributed by atoms with E-state index in [1.54, 1.807) is 13.1 Å². The maximum atomic E-state index is 12.6. The Morgan fingerprint density at radius 3 is 2.52 bits per heavy atom. The van der Waals surface area contributed by atoms with Gasteiger partial charge in [-0.1, -0.05) is 23.7 Å². The Morgan fingerprint density at radius 1 is 1.24 bits per heavy atom. The summed E-state index contributed by atoms with van der Waals surface area (Å²) < 4.78 is 37.9. The minimum Gasteiger partial charge on any atom is -0.365 e. The summed E-state index contributed by atoms with van der Waals surface area (Å²) in [4.78, 5) is 12.7. The Bertz CT molecular complexity index is 793. The molecule has 0 aromatic heterocycles. The van der Waals surface area contributed by atoms with Crippen molar-refractivity contribution in [3.05, 3.63) is 63.0 Å². The van der Waals surface area contributed by atoms with E-state index in [1.165, 1.54) is 17.1 Å². The van der Waals surface area contributed by atoms with Gasteiger partial charge in [0, 0.05) is 20.1 Å². The highest BCUT2D eigenvalue weighted by Gasteiger charge is 2.30. The maximum absolute atomic E-state index is 12.6. The van der Waals surface area contributed by atoms with Gasteiger partial charge < -0.3 is 4.90 Å². The third-order valence-corrected chi connectivity index (χ3v) is 4.53. The fourth-order valence-electron chi connectivity index (χ4n) is 2.96. The molecule has 132 valence electrons. The number of rotatable bonds is 4. The lowest BCUT2D eigenvalue weighted by Crippen LogP contribution is -2.20. The molecule has 4 nitrogen and oxygen atoms in total. The summed E-state index contributed by atoms with van der Waals surface area (Å²) in [6.07, 6.45) is -3.59. The Kier molecular flexibility index (Phi) is 4.60. The molecule has 0 spiro atoms. The predicted molar refractivity (Wildman–Crippen MR) is 91.8 cm³/mol. The monoisotopic (exact) mass is 369 g/mol. The summed E-state index contributed by atoms with van der Waals surface area (Å²) in [6, 6.07) is 8.64. The molecule has 2 aromatic carbocycles. The van der Waals surface area contributed by atoms with E-state index in [1.807, 2.05) is 11.0 Å². The molecule has 8 heteroatoms. The Morgan fingerprint density at radius 2 is 1.92 bits per heavy atom. The summed E-state index contributed by atoms with van der Waals surface area (Å²) >= 11 is 6.36. The first-order valence-electron chi connectivity index (χ1n) is 7.60. The van der Waals surface area contributed by atoms with Gasteiger partial charge in [0.25, 0.3) is 0 Å². The van der Waals surface area contributed by atoms with Crippen molar-refractivity contribution < 1.29 is 13.2 Å². The molecule has 0 radical (unpaired) electrons. The van der Waals surface area contributed by atoms with E-state index < -0.39 is 11.7 Å². The molecule has 0 unspecified atom stereocenters. The fourth-order valence-corrected chi connectivity index (χ4v) is 3.32. The second kappa shape index (κ2) is 6.55. The average molecular weight is 370 g/mol. The molecule has 0 saturated carbocycles. The van der Waals surface area contributed by atoms with Crippen LogP contribution in [0.3, 0.4) is 0 Å². The molecule has 3 rings (SSSR count). The average Bonchev–Trinajstić information content (AvgIpc) is 2.97. The standard InChI is InChI=1S/C17H15ClF3N3O/c1-23(22-25)14-8-12-6-7-24(16(12)15(18)9-14)10-11-2-4-13(5-3-11)17(19,20)21/h2-5,8-9H,6-7,10H2,1H3. The molecule has 0 aliphatic carbocycles. The molecular formula is C17H15ClF3N3O. The third kappa shape index (κ3) is 3.56. The lowest BCUT2D eigenvalue weighted by Gasteiger charge is -2.22. The molecule has 0 bridgehead atoms. The molecule has 0 amide bonds. The van der Waals surface area contributed by atoms with E-state index in [9.17, 15) is 18.1 Å². The van der Waals surface area contributed by atoms with Crippen LogP contribution >= 0.6 is 11.6 Å². The molecule has 1 heterocycles. The largest absolute Gasteiger partial charge is 0.416 e. The van der Waals surface area contributed by atoms with Crippen LogP contribution < -0.4 is 9.91 Å². The second-order valence-electron chi connectivity index (χ2n) is 5.91. The number of fused-ring (bicyclic) bond motifs is 1. The van der Waals surface area contributed by atoms with E-state index in [0.29, 0.717) is 23.8 Å². The number of hydrogen-bond acceptors (Lipinski definition) is 3. The maximum Gasteiger partial charge on any atom is 0.416 e. The van der Waals surface area contributed by atoms with Gasteiger partial charge in [-0.3, -0.25) is 0 Å². The summed E-state index contributed by atoms with van der Waals surface area (Å²) in [5, 5.41) is 4.55. The third-order valence-electron chi connectivity index (χ3n) is 4.25. The van der Waals surface area contributed by atoms with Crippen molar-refractivity contribution in [2.75, 3.05) is 23.5 Å². The van der Waals surface area contributed by atoms with Gasteiger partial charge in [0.2, 0.25) is 0 Å². The van der Waals surface area contributed by atoms with Crippen molar-refractivity contribution in [2.24, 2.45) is 5.29 Å². The Balaban J connectivity index is 1.82. The van der Waals surface area contributed by atoms with Gasteiger partial charge in [0.15, 0.2) is 0 Å². The van der Waals surface area contributed by atoms with Gasteiger partial charge in [-0.05, 0) is 41.8 Å². The minimum absolute atomic E-state index is 0.464. The lowest BCUT2D eigenvalue weighted by molar-refractivity contribution is -0.137. The van der Waals surface area contributed by atoms with E-state index in [-0.39, 0.29) is 0 Å². The van der Waals surface area contributed by atoms with Crippen LogP contribution in [0.4, 0.5) is 24.5 Å². The van der Waals surface area contributed by atoms with Crippen LogP contribution in [0.5, 0.6) is 0 Å². The fraction of sp³-hybridized carbons (Fsp3) is 0.294. The van der Waals surface area contributed by atoms with Crippen LogP contribution in [-0.2, 0) is 19.1 Å². The van der Waals surface area contributed by atoms with Crippen molar-refractivity contribution in [2.45, 2.75) is 19.1 Å². The van der Waals surface area contributed by atoms with Crippen molar-refractivity contribution in [1.82, 2.24) is 0 Å². The van der Waals surface area contributed by atoms with E-state index >= 15 is 0 Å². The van der Waals surface area contributed by atoms with Crippen LogP contribution in [0.15, 0.2) is 41.7 Å². The molecule has 0 fully saturated rings. The van der Waals surface area contributed by atoms with Gasteiger partial charge >= 0.3 is 6.18 Å². The molecule has 0 atom stereocenters. The van der Waals surface area contributed by atoms with E-state index in [0.717, 1.165) is 35.4 Å². The second-order valence-corrected chi connectivity index (χ2v) is 6.31. The van der Waals surface area contributed by atoms with Gasteiger partial charge in [0.05, 0.1) is 27.2 Å². The predicted octanol–water partition coefficient (Wildman–Crippen LogP) is 5.04. The number of nitrogens with zero attached hydrogens (tertiary/aromatic N) is 3. The first kappa shape index (κ1) is 17.5. The highest BCUT2D eigenvalue weighted by molar-refractivity contribution is 6.33. The number of halogens is 4. The van der Waals surface area contributed by atoms with Gasteiger partial charge in [0.1, 0.15) is 0 Å². The number of anilines is 2. The normalized spacial score (nSPS) is 13.7. The molecule has 0 N–H and O–H groups in total. The molecule has 1 aliphatic rings. The van der Waals surface area contributed by atoms with Crippen molar-refractivity contribution >= 4 is 23.0 Å². The smallest absolute Gasteiger partial charge is 0.365 e. The highest BCUT2D eigenvalue weighted by atomic mass is 35.5. The molecular weight excluding hydrogens is 355 g/mol. The zero-order valence-corrected chi connectivity index (χ0v) is 14.1. The van der Waals surface area contributed by atoms with Crippen molar-refractivity contribution in [3.63, 3.8) is 0 Å². The highest BCUT2D eigenvalue weighted by Crippen LogP contribution is 2.39. The van der Waals surface area contributed by atoms with Gasteiger partial charge in [-0.15, -0.1) is 4.91 Å². The van der Waals surface area contributed by atoms with Crippen LogP contribution in [0.2, 0.25) is 5.02 Å². The molecule has 0 saturated heterocycles. The van der Waals surface area contributed by atoms with Crippen LogP contribution in [-0.4, -0.2) is 13.6 Å². The van der Waals surface area contributed by atoms with Crippen LogP contribution in [0, 0.1) is 4.91 Å². The van der Waals surface area contributed by atoms with Crippen LogP contribution in [0.25, 0.3) is 0 Å². The zero-order valence-electron chi connectivity index (χ0n) is 13.3. The minimum atomic E-state index is -4.34. The quantitative estimate of drug-likeness (QED) is 0.559. The number of hydrogen-bond donors (Lipinski definition) is 0. The number of nitroso groups, excluding NO2 is 1. The number of benzene rings is 2. The lowest BCUT2D eigenvalue weighted by atomic mass is 10.1. The van der Waals surface area contributed by atoms with E-state index in [2.05, 4.69) is 5.29 Å². The van der Waals surface area contributed by atoms with Crippen LogP contribution in [0.1, 0.15) is 16.7 Å². The first-order chi connectivity index (χ1) is 11.8. The Hall–Kier alpha value is -2.28. The SMILES string of the molecule is CN(N=O)c1cc(Cl)c2c(c1)CCN2Cc1ccc(C(F)(F)F)cc1. The topological polar surface area (TPSA) is 35.9 Å². The summed E-state index contributed by atoms with van der Waals surface area (Å²) in [6.45, 7) is 1.17. The van der Waals surface area contributed by atoms with Crippen molar-refractivity contribution in [1.29, 1.82) is 0 Å². The molecule has 2 aromatic rings. The van der Waals surface area contributed by atoms with Gasteiger partial charge in [-0.2, -0.15) is 13.2 Å². The molecule has 25 heavy (non-hydrogen) atoms. The van der Waals surface area contributed by atoms with E-state index in [4.69, 9.17) is 11.6 Å². The zero-order chi connectivity index (χ0) is 18.2. The van der Waals surface area contributed by atoms with Gasteiger partial charge in [-0.25, -0.2) is 5.01 Å².